The number of rotatable bonds is 6. The lowest BCUT2D eigenvalue weighted by atomic mass is 10.1. The van der Waals surface area contributed by atoms with E-state index in [1.807, 2.05) is 35.4 Å². The second kappa shape index (κ2) is 8.12. The van der Waals surface area contributed by atoms with Crippen LogP contribution in [0.1, 0.15) is 36.0 Å². The summed E-state index contributed by atoms with van der Waals surface area (Å²) in [7, 11) is -1.73. The molecule has 2 aromatic heterocycles. The molecule has 1 saturated heterocycles. The summed E-state index contributed by atoms with van der Waals surface area (Å²) in [5.74, 6) is 0.496. The Bertz CT molecular complexity index is 1230. The predicted molar refractivity (Wildman–Crippen MR) is 122 cm³/mol. The highest BCUT2D eigenvalue weighted by molar-refractivity contribution is 7.93. The van der Waals surface area contributed by atoms with Crippen LogP contribution in [0.25, 0.3) is 10.9 Å². The summed E-state index contributed by atoms with van der Waals surface area (Å²) in [5, 5.41) is 0.824. The molecule has 2 fully saturated rings. The third kappa shape index (κ3) is 4.04. The number of pyridine rings is 1. The number of likely N-dealkylation sites (tertiary alicyclic amines) is 1. The number of piperidine rings is 1. The molecule has 3 aromatic rings. The topological polar surface area (TPSA) is 95.6 Å². The van der Waals surface area contributed by atoms with Crippen molar-refractivity contribution in [1.82, 2.24) is 14.9 Å². The highest BCUT2D eigenvalue weighted by Crippen LogP contribution is 2.33. The van der Waals surface area contributed by atoms with E-state index >= 15 is 0 Å². The molecular formula is C23H26N4O4S. The molecule has 8 nitrogen and oxygen atoms in total. The monoisotopic (exact) mass is 454 g/mol. The number of sulfonamides is 1. The smallest absolute Gasteiger partial charge is 0.253 e. The number of aromatic nitrogens is 2. The maximum atomic E-state index is 12.9. The van der Waals surface area contributed by atoms with Gasteiger partial charge in [0.15, 0.2) is 0 Å². The van der Waals surface area contributed by atoms with E-state index in [1.165, 1.54) is 10.5 Å². The number of nitrogens with one attached hydrogen (secondary N) is 1. The van der Waals surface area contributed by atoms with Crippen molar-refractivity contribution < 1.29 is 17.9 Å². The van der Waals surface area contributed by atoms with Crippen LogP contribution in [0, 0.1) is 0 Å². The van der Waals surface area contributed by atoms with Crippen LogP contribution in [-0.4, -0.2) is 60.7 Å². The Kier molecular flexibility index (Phi) is 5.28. The number of carbonyl (C=O) groups is 1. The molecule has 168 valence electrons. The van der Waals surface area contributed by atoms with Gasteiger partial charge >= 0.3 is 0 Å². The largest absolute Gasteiger partial charge is 0.474 e. The Labute approximate surface area is 187 Å². The summed E-state index contributed by atoms with van der Waals surface area (Å²) >= 11 is 0. The molecule has 0 unspecified atom stereocenters. The number of nitrogens with zero attached hydrogens (tertiary/aromatic N) is 3. The number of ether oxygens (including phenoxy) is 1. The molecule has 0 radical (unpaired) electrons. The highest BCUT2D eigenvalue weighted by atomic mass is 32.2. The van der Waals surface area contributed by atoms with E-state index in [1.54, 1.807) is 19.2 Å². The van der Waals surface area contributed by atoms with Crippen molar-refractivity contribution in [3.63, 3.8) is 0 Å². The molecule has 32 heavy (non-hydrogen) atoms. The van der Waals surface area contributed by atoms with Gasteiger partial charge in [0.1, 0.15) is 6.10 Å². The Morgan fingerprint density at radius 3 is 2.59 bits per heavy atom. The molecule has 1 aromatic carbocycles. The average molecular weight is 455 g/mol. The van der Waals surface area contributed by atoms with Gasteiger partial charge in [0, 0.05) is 56.3 Å². The Hall–Kier alpha value is -3.07. The van der Waals surface area contributed by atoms with Gasteiger partial charge < -0.3 is 14.6 Å². The normalized spacial score (nSPS) is 17.5. The zero-order chi connectivity index (χ0) is 22.3. The molecule has 0 spiro atoms. The van der Waals surface area contributed by atoms with E-state index in [9.17, 15) is 13.2 Å². The highest BCUT2D eigenvalue weighted by Gasteiger charge is 2.39. The molecule has 9 heteroatoms. The van der Waals surface area contributed by atoms with E-state index in [-0.39, 0.29) is 17.3 Å². The van der Waals surface area contributed by atoms with Gasteiger partial charge in [-0.1, -0.05) is 6.07 Å². The second-order valence-corrected chi connectivity index (χ2v) is 10.7. The first-order chi connectivity index (χ1) is 15.4. The number of carbonyl (C=O) groups excluding carboxylic acids is 1. The number of aromatic amines is 1. The number of hydrogen-bond acceptors (Lipinski definition) is 5. The van der Waals surface area contributed by atoms with Crippen LogP contribution in [-0.2, 0) is 10.0 Å². The molecule has 1 amide bonds. The number of amides is 1. The fourth-order valence-electron chi connectivity index (χ4n) is 4.08. The van der Waals surface area contributed by atoms with Crippen molar-refractivity contribution in [3.05, 3.63) is 54.4 Å². The fraction of sp³-hybridized carbons (Fsp3) is 0.391. The average Bonchev–Trinajstić information content (AvgIpc) is 3.58. The lowest BCUT2D eigenvalue weighted by Crippen LogP contribution is -2.41. The van der Waals surface area contributed by atoms with E-state index in [4.69, 9.17) is 4.74 Å². The van der Waals surface area contributed by atoms with E-state index < -0.39 is 10.0 Å². The number of fused-ring (bicyclic) bond motifs is 1. The minimum Gasteiger partial charge on any atom is -0.474 e. The van der Waals surface area contributed by atoms with E-state index in [0.717, 1.165) is 36.6 Å². The molecule has 0 atom stereocenters. The fourth-order valence-corrected chi connectivity index (χ4v) is 5.66. The maximum Gasteiger partial charge on any atom is 0.253 e. The van der Waals surface area contributed by atoms with Gasteiger partial charge in [-0.3, -0.25) is 9.10 Å². The van der Waals surface area contributed by atoms with Crippen molar-refractivity contribution in [3.8, 4) is 5.88 Å². The third-order valence-corrected chi connectivity index (χ3v) is 8.52. The van der Waals surface area contributed by atoms with Crippen molar-refractivity contribution in [2.24, 2.45) is 0 Å². The first-order valence-electron chi connectivity index (χ1n) is 10.9. The molecule has 1 N–H and O–H groups in total. The molecule has 0 bridgehead atoms. The van der Waals surface area contributed by atoms with Crippen LogP contribution in [0.2, 0.25) is 0 Å². The van der Waals surface area contributed by atoms with Gasteiger partial charge in [-0.2, -0.15) is 0 Å². The molecule has 3 heterocycles. The lowest BCUT2D eigenvalue weighted by molar-refractivity contribution is 0.0588. The minimum atomic E-state index is -3.29. The first-order valence-corrected chi connectivity index (χ1v) is 12.4. The van der Waals surface area contributed by atoms with Crippen molar-refractivity contribution >= 4 is 32.5 Å². The van der Waals surface area contributed by atoms with Crippen molar-refractivity contribution in [2.45, 2.75) is 37.0 Å². The number of H-pyrrole nitrogens is 1. The van der Waals surface area contributed by atoms with Gasteiger partial charge in [0.25, 0.3) is 5.91 Å². The second-order valence-electron chi connectivity index (χ2n) is 8.46. The predicted octanol–water partition coefficient (Wildman–Crippen LogP) is 3.17. The Morgan fingerprint density at radius 2 is 1.91 bits per heavy atom. The van der Waals surface area contributed by atoms with Crippen LogP contribution in [0.15, 0.2) is 48.8 Å². The molecule has 1 aliphatic carbocycles. The number of benzene rings is 1. The Balaban J connectivity index is 1.16. The van der Waals surface area contributed by atoms with Gasteiger partial charge in [-0.15, -0.1) is 0 Å². The standard InChI is InChI=1S/C23H26N4O4S/c1-26(32(29,30)20-5-6-20)18-4-7-22(25-15-18)31-19-9-12-27(13-10-19)23(28)17-3-2-16-8-11-24-21(16)14-17/h2-4,7-8,11,14-15,19-20,24H,5-6,9-10,12-13H2,1H3. The van der Waals surface area contributed by atoms with Gasteiger partial charge in [-0.05, 0) is 42.5 Å². The van der Waals surface area contributed by atoms with Crippen LogP contribution >= 0.6 is 0 Å². The van der Waals surface area contributed by atoms with Gasteiger partial charge in [0.2, 0.25) is 15.9 Å². The van der Waals surface area contributed by atoms with Crippen LogP contribution in [0.5, 0.6) is 5.88 Å². The molecule has 5 rings (SSSR count). The first kappa shape index (κ1) is 20.8. The third-order valence-electron chi connectivity index (χ3n) is 6.23. The summed E-state index contributed by atoms with van der Waals surface area (Å²) < 4.78 is 32.0. The van der Waals surface area contributed by atoms with Crippen molar-refractivity contribution in [2.75, 3.05) is 24.4 Å². The summed E-state index contributed by atoms with van der Waals surface area (Å²) in [4.78, 5) is 22.2. The maximum absolute atomic E-state index is 12.9. The van der Waals surface area contributed by atoms with Crippen LogP contribution in [0.4, 0.5) is 5.69 Å². The van der Waals surface area contributed by atoms with Crippen molar-refractivity contribution in [1.29, 1.82) is 0 Å². The van der Waals surface area contributed by atoms with E-state index in [2.05, 4.69) is 9.97 Å². The zero-order valence-electron chi connectivity index (χ0n) is 17.9. The SMILES string of the molecule is CN(c1ccc(OC2CCN(C(=O)c3ccc4cc[nH]c4c3)CC2)nc1)S(=O)(=O)C1CC1. The Morgan fingerprint density at radius 1 is 1.12 bits per heavy atom. The summed E-state index contributed by atoms with van der Waals surface area (Å²) in [6, 6.07) is 11.1. The molecule has 1 saturated carbocycles. The summed E-state index contributed by atoms with van der Waals surface area (Å²) in [6.45, 7) is 1.24. The van der Waals surface area contributed by atoms with Crippen LogP contribution in [0.3, 0.4) is 0 Å². The number of hydrogen-bond donors (Lipinski definition) is 1. The quantitative estimate of drug-likeness (QED) is 0.617. The van der Waals surface area contributed by atoms with Gasteiger partial charge in [-0.25, -0.2) is 13.4 Å². The number of anilines is 1. The zero-order valence-corrected chi connectivity index (χ0v) is 18.7. The molecule has 1 aliphatic heterocycles. The van der Waals surface area contributed by atoms with Crippen LogP contribution < -0.4 is 9.04 Å². The minimum absolute atomic E-state index is 0.0299. The van der Waals surface area contributed by atoms with E-state index in [0.29, 0.717) is 30.2 Å². The summed E-state index contributed by atoms with van der Waals surface area (Å²) in [5.41, 5.74) is 2.17. The van der Waals surface area contributed by atoms with Gasteiger partial charge in [0.05, 0.1) is 17.1 Å². The molecular weight excluding hydrogens is 428 g/mol. The summed E-state index contributed by atoms with van der Waals surface area (Å²) in [6.07, 6.45) is 6.26. The molecule has 2 aliphatic rings. The lowest BCUT2D eigenvalue weighted by Gasteiger charge is -2.32.